The maximum atomic E-state index is 10.9. The number of nitrogens with zero attached hydrogens (tertiary/aromatic N) is 1. The highest BCUT2D eigenvalue weighted by atomic mass is 16.6. The normalized spacial score (nSPS) is 13.1. The second-order valence-corrected chi connectivity index (χ2v) is 2.45. The van der Waals surface area contributed by atoms with Crippen LogP contribution in [0.25, 0.3) is 0 Å². The van der Waals surface area contributed by atoms with Crippen LogP contribution in [0.5, 0.6) is 0 Å². The van der Waals surface area contributed by atoms with Gasteiger partial charge in [0.25, 0.3) is 0 Å². The van der Waals surface area contributed by atoms with Crippen molar-refractivity contribution in [3.63, 3.8) is 0 Å². The SMILES string of the molecule is C=C/C(C(C)=O)=C(O)\C(=C/C)[N+](=O)[O-]. The van der Waals surface area contributed by atoms with Crippen LogP contribution < -0.4 is 0 Å². The Morgan fingerprint density at radius 1 is 1.57 bits per heavy atom. The average molecular weight is 197 g/mol. The number of aliphatic hydroxyl groups excluding tert-OH is 1. The first-order valence-electron chi connectivity index (χ1n) is 3.83. The smallest absolute Gasteiger partial charge is 0.307 e. The van der Waals surface area contributed by atoms with Gasteiger partial charge in [-0.2, -0.15) is 0 Å². The van der Waals surface area contributed by atoms with Crippen molar-refractivity contribution in [1.82, 2.24) is 0 Å². The Morgan fingerprint density at radius 3 is 2.29 bits per heavy atom. The molecule has 0 saturated carbocycles. The third-order valence-electron chi connectivity index (χ3n) is 1.55. The molecule has 0 heterocycles. The van der Waals surface area contributed by atoms with Crippen LogP contribution in [-0.2, 0) is 4.79 Å². The summed E-state index contributed by atoms with van der Waals surface area (Å²) in [6, 6.07) is 0. The molecule has 0 bridgehead atoms. The number of hydrogen-bond donors (Lipinski definition) is 1. The van der Waals surface area contributed by atoms with Crippen LogP contribution in [0.4, 0.5) is 0 Å². The molecule has 0 aromatic heterocycles. The first-order valence-corrected chi connectivity index (χ1v) is 3.83. The lowest BCUT2D eigenvalue weighted by Crippen LogP contribution is -2.07. The highest BCUT2D eigenvalue weighted by molar-refractivity contribution is 5.96. The Labute approximate surface area is 81.2 Å². The van der Waals surface area contributed by atoms with Crippen LogP contribution in [0.1, 0.15) is 13.8 Å². The van der Waals surface area contributed by atoms with Gasteiger partial charge in [0.2, 0.25) is 5.76 Å². The number of allylic oxidation sites excluding steroid dienone is 3. The van der Waals surface area contributed by atoms with Crippen molar-refractivity contribution in [3.8, 4) is 0 Å². The van der Waals surface area contributed by atoms with Gasteiger partial charge in [-0.1, -0.05) is 12.7 Å². The van der Waals surface area contributed by atoms with E-state index in [1.165, 1.54) is 13.8 Å². The first-order chi connectivity index (χ1) is 6.45. The number of hydrogen-bond acceptors (Lipinski definition) is 4. The lowest BCUT2D eigenvalue weighted by atomic mass is 10.1. The Hall–Kier alpha value is -1.91. The number of Topliss-reactive ketones (excluding diaryl/α,β-unsaturated/α-hetero) is 1. The van der Waals surface area contributed by atoms with Crippen LogP contribution >= 0.6 is 0 Å². The van der Waals surface area contributed by atoms with Crippen molar-refractivity contribution in [3.05, 3.63) is 45.9 Å². The minimum Gasteiger partial charge on any atom is -0.502 e. The van der Waals surface area contributed by atoms with Gasteiger partial charge in [-0.25, -0.2) is 0 Å². The van der Waals surface area contributed by atoms with E-state index in [0.717, 1.165) is 12.2 Å². The molecule has 1 N–H and O–H groups in total. The monoisotopic (exact) mass is 197 g/mol. The summed E-state index contributed by atoms with van der Waals surface area (Å²) >= 11 is 0. The average Bonchev–Trinajstić information content (AvgIpc) is 2.04. The minimum absolute atomic E-state index is 0.158. The van der Waals surface area contributed by atoms with E-state index < -0.39 is 22.2 Å². The van der Waals surface area contributed by atoms with E-state index in [9.17, 15) is 20.0 Å². The summed E-state index contributed by atoms with van der Waals surface area (Å²) in [7, 11) is 0. The van der Waals surface area contributed by atoms with E-state index in [4.69, 9.17) is 0 Å². The zero-order valence-corrected chi connectivity index (χ0v) is 7.98. The number of aliphatic hydroxyl groups is 1. The summed E-state index contributed by atoms with van der Waals surface area (Å²) in [5.74, 6) is -1.13. The zero-order chi connectivity index (χ0) is 11.3. The lowest BCUT2D eigenvalue weighted by Gasteiger charge is -2.00. The number of rotatable bonds is 4. The highest BCUT2D eigenvalue weighted by Gasteiger charge is 2.20. The van der Waals surface area contributed by atoms with E-state index >= 15 is 0 Å². The number of carbonyl (C=O) groups is 1. The summed E-state index contributed by atoms with van der Waals surface area (Å²) in [6.45, 7) is 5.88. The van der Waals surface area contributed by atoms with Crippen molar-refractivity contribution in [2.24, 2.45) is 0 Å². The summed E-state index contributed by atoms with van der Waals surface area (Å²) < 4.78 is 0. The molecule has 0 saturated heterocycles. The Kier molecular flexibility index (Phi) is 4.28. The summed E-state index contributed by atoms with van der Waals surface area (Å²) in [5.41, 5.74) is -0.662. The molecule has 0 fully saturated rings. The lowest BCUT2D eigenvalue weighted by molar-refractivity contribution is -0.424. The second-order valence-electron chi connectivity index (χ2n) is 2.45. The summed E-state index contributed by atoms with van der Waals surface area (Å²) in [5, 5.41) is 19.8. The molecule has 0 aliphatic carbocycles. The Balaban J connectivity index is 5.45. The van der Waals surface area contributed by atoms with Gasteiger partial charge in [-0.15, -0.1) is 0 Å². The topological polar surface area (TPSA) is 80.4 Å². The second kappa shape index (κ2) is 4.96. The quantitative estimate of drug-likeness (QED) is 0.245. The van der Waals surface area contributed by atoms with Gasteiger partial charge < -0.3 is 5.11 Å². The molecule has 0 aromatic rings. The molecule has 5 nitrogen and oxygen atoms in total. The Morgan fingerprint density at radius 2 is 2.07 bits per heavy atom. The first kappa shape index (κ1) is 12.1. The molecule has 0 aliphatic rings. The van der Waals surface area contributed by atoms with Crippen LogP contribution in [0.15, 0.2) is 35.8 Å². The molecule has 76 valence electrons. The molecule has 0 aliphatic heterocycles. The Bertz CT molecular complexity index is 339. The summed E-state index contributed by atoms with van der Waals surface area (Å²) in [6.07, 6.45) is 2.20. The van der Waals surface area contributed by atoms with Crippen molar-refractivity contribution in [2.45, 2.75) is 13.8 Å². The predicted octanol–water partition coefficient (Wildman–Crippen LogP) is 1.75. The molecule has 0 atom stereocenters. The van der Waals surface area contributed by atoms with E-state index in [2.05, 4.69) is 6.58 Å². The van der Waals surface area contributed by atoms with Crippen LogP contribution in [0.3, 0.4) is 0 Å². The molecule has 5 heteroatoms. The number of nitro groups is 1. The van der Waals surface area contributed by atoms with Gasteiger partial charge in [0.05, 0.1) is 10.5 Å². The van der Waals surface area contributed by atoms with Crippen molar-refractivity contribution < 1.29 is 14.8 Å². The highest BCUT2D eigenvalue weighted by Crippen LogP contribution is 2.14. The molecular formula is C9H11NO4. The molecule has 0 aromatic carbocycles. The van der Waals surface area contributed by atoms with Gasteiger partial charge >= 0.3 is 5.70 Å². The van der Waals surface area contributed by atoms with Crippen LogP contribution in [0.2, 0.25) is 0 Å². The van der Waals surface area contributed by atoms with Crippen LogP contribution in [-0.4, -0.2) is 15.8 Å². The van der Waals surface area contributed by atoms with Crippen molar-refractivity contribution in [2.75, 3.05) is 0 Å². The minimum atomic E-state index is -0.762. The zero-order valence-electron chi connectivity index (χ0n) is 7.98. The van der Waals surface area contributed by atoms with Gasteiger partial charge in [0, 0.05) is 0 Å². The van der Waals surface area contributed by atoms with Gasteiger partial charge in [0.1, 0.15) is 0 Å². The van der Waals surface area contributed by atoms with E-state index in [-0.39, 0.29) is 5.57 Å². The molecule has 0 amide bonds. The predicted molar refractivity (Wildman–Crippen MR) is 51.3 cm³/mol. The van der Waals surface area contributed by atoms with E-state index in [0.29, 0.717) is 0 Å². The standard InChI is InChI=1S/C9H11NO4/c1-4-7(6(3)11)9(12)8(5-2)10(13)14/h4-5,12H,1H2,2-3H3/b8-5+,9-7-. The largest absolute Gasteiger partial charge is 0.502 e. The van der Waals surface area contributed by atoms with Gasteiger partial charge in [-0.3, -0.25) is 14.9 Å². The third kappa shape index (κ3) is 2.55. The molecule has 0 rings (SSSR count). The molecule has 0 unspecified atom stereocenters. The van der Waals surface area contributed by atoms with Gasteiger partial charge in [0.15, 0.2) is 5.78 Å². The van der Waals surface area contributed by atoms with E-state index in [1.54, 1.807) is 0 Å². The van der Waals surface area contributed by atoms with Crippen molar-refractivity contribution in [1.29, 1.82) is 0 Å². The molecule has 0 radical (unpaired) electrons. The molecule has 0 spiro atoms. The number of ketones is 1. The fourth-order valence-electron chi connectivity index (χ4n) is 0.874. The summed E-state index contributed by atoms with van der Waals surface area (Å²) in [4.78, 5) is 20.6. The van der Waals surface area contributed by atoms with Gasteiger partial charge in [-0.05, 0) is 19.9 Å². The maximum absolute atomic E-state index is 10.9. The fourth-order valence-corrected chi connectivity index (χ4v) is 0.874. The number of carbonyl (C=O) groups excluding carboxylic acids is 1. The van der Waals surface area contributed by atoms with Crippen molar-refractivity contribution >= 4 is 5.78 Å². The van der Waals surface area contributed by atoms with E-state index in [1.807, 2.05) is 0 Å². The third-order valence-corrected chi connectivity index (χ3v) is 1.55. The maximum Gasteiger partial charge on any atom is 0.307 e. The molecular weight excluding hydrogens is 186 g/mol. The fraction of sp³-hybridized carbons (Fsp3) is 0.222. The molecule has 14 heavy (non-hydrogen) atoms. The van der Waals surface area contributed by atoms with Crippen LogP contribution in [0, 0.1) is 10.1 Å².